The van der Waals surface area contributed by atoms with Gasteiger partial charge in [-0.2, -0.15) is 5.10 Å². The highest BCUT2D eigenvalue weighted by molar-refractivity contribution is 5.94. The Morgan fingerprint density at radius 1 is 1.36 bits per heavy atom. The Hall–Kier alpha value is -2.18. The van der Waals surface area contributed by atoms with Gasteiger partial charge in [-0.05, 0) is 39.5 Å². The molecule has 0 spiro atoms. The number of aromatic nitrogens is 2. The molecule has 1 aliphatic carbocycles. The highest BCUT2D eigenvalue weighted by atomic mass is 16.5. The van der Waals surface area contributed by atoms with Crippen LogP contribution in [0.5, 0.6) is 0 Å². The van der Waals surface area contributed by atoms with Crippen molar-refractivity contribution in [2.24, 2.45) is 21.6 Å². The average Bonchev–Trinajstić information content (AvgIpc) is 2.94. The molecule has 22 heavy (non-hydrogen) atoms. The van der Waals surface area contributed by atoms with Crippen molar-refractivity contribution in [3.05, 3.63) is 12.4 Å². The third-order valence-electron chi connectivity index (χ3n) is 3.78. The number of nitrogens with two attached hydrogens (primary N) is 1. The maximum Gasteiger partial charge on any atom is 0.308 e. The summed E-state index contributed by atoms with van der Waals surface area (Å²) in [6.07, 6.45) is 7.03. The van der Waals surface area contributed by atoms with Gasteiger partial charge in [-0.3, -0.25) is 9.48 Å². The Balaban J connectivity index is 1.98. The lowest BCUT2D eigenvalue weighted by molar-refractivity contribution is -0.146. The van der Waals surface area contributed by atoms with Crippen molar-refractivity contribution in [2.75, 3.05) is 7.11 Å². The van der Waals surface area contributed by atoms with Crippen LogP contribution in [0.1, 0.15) is 45.6 Å². The van der Waals surface area contributed by atoms with Crippen LogP contribution in [0, 0.1) is 5.92 Å². The highest BCUT2D eigenvalue weighted by Gasteiger charge is 2.28. The molecule has 7 heteroatoms. The van der Waals surface area contributed by atoms with Crippen LogP contribution < -0.4 is 5.73 Å². The molecule has 1 aromatic rings. The van der Waals surface area contributed by atoms with E-state index in [4.69, 9.17) is 10.5 Å². The van der Waals surface area contributed by atoms with Gasteiger partial charge in [0, 0.05) is 5.71 Å². The molecule has 120 valence electrons. The van der Waals surface area contributed by atoms with Gasteiger partial charge in [-0.1, -0.05) is 0 Å². The average molecular weight is 305 g/mol. The summed E-state index contributed by atoms with van der Waals surface area (Å²) in [5, 5.41) is 4.35. The van der Waals surface area contributed by atoms with Gasteiger partial charge in [0.1, 0.15) is 5.69 Å². The van der Waals surface area contributed by atoms with E-state index in [0.717, 1.165) is 31.4 Å². The molecule has 0 amide bonds. The topological polar surface area (TPSA) is 94.9 Å². The Labute approximate surface area is 130 Å². The van der Waals surface area contributed by atoms with E-state index in [9.17, 15) is 4.79 Å². The molecule has 1 aromatic heterocycles. The Morgan fingerprint density at radius 3 is 2.64 bits per heavy atom. The van der Waals surface area contributed by atoms with Crippen molar-refractivity contribution < 1.29 is 9.53 Å². The first-order valence-electron chi connectivity index (χ1n) is 7.47. The van der Waals surface area contributed by atoms with Crippen LogP contribution in [0.3, 0.4) is 0 Å². The number of carbonyl (C=O) groups is 1. The van der Waals surface area contributed by atoms with Gasteiger partial charge >= 0.3 is 5.97 Å². The number of hydrogen-bond donors (Lipinski definition) is 1. The third-order valence-corrected chi connectivity index (χ3v) is 3.78. The number of carbonyl (C=O) groups excluding carboxylic acids is 1. The molecule has 7 nitrogen and oxygen atoms in total. The minimum Gasteiger partial charge on any atom is -0.469 e. The lowest BCUT2D eigenvalue weighted by Crippen LogP contribution is -2.24. The zero-order valence-corrected chi connectivity index (χ0v) is 13.3. The number of methoxy groups -OCH3 is 1. The van der Waals surface area contributed by atoms with E-state index in [1.54, 1.807) is 6.20 Å². The number of hydrogen-bond acceptors (Lipinski definition) is 4. The van der Waals surface area contributed by atoms with Crippen LogP contribution in [0.15, 0.2) is 22.4 Å². The van der Waals surface area contributed by atoms with E-state index < -0.39 is 0 Å². The smallest absolute Gasteiger partial charge is 0.308 e. The number of guanidine groups is 1. The lowest BCUT2D eigenvalue weighted by atomic mass is 9.86. The van der Waals surface area contributed by atoms with Gasteiger partial charge in [0.15, 0.2) is 0 Å². The monoisotopic (exact) mass is 305 g/mol. The van der Waals surface area contributed by atoms with E-state index in [-0.39, 0.29) is 17.8 Å². The van der Waals surface area contributed by atoms with Gasteiger partial charge in [0.05, 0.1) is 31.5 Å². The van der Waals surface area contributed by atoms with Crippen molar-refractivity contribution in [3.8, 4) is 0 Å². The predicted molar refractivity (Wildman–Crippen MR) is 85.3 cm³/mol. The van der Waals surface area contributed by atoms with E-state index in [0.29, 0.717) is 11.7 Å². The van der Waals surface area contributed by atoms with Crippen LogP contribution in [0.2, 0.25) is 0 Å². The van der Waals surface area contributed by atoms with E-state index in [1.165, 1.54) is 7.11 Å². The molecule has 0 unspecified atom stereocenters. The standard InChI is InChI=1S/C15H23N5O2/c1-10(2)18-15(16)19-12-8-17-20(9-12)13-6-4-11(5-7-13)14(21)22-3/h8-9,11,13H,4-7H2,1-3H3,(H2,16,19). The predicted octanol–water partition coefficient (Wildman–Crippen LogP) is 2.21. The van der Waals surface area contributed by atoms with E-state index in [2.05, 4.69) is 15.1 Å². The summed E-state index contributed by atoms with van der Waals surface area (Å²) >= 11 is 0. The van der Waals surface area contributed by atoms with Crippen LogP contribution in [-0.4, -0.2) is 34.5 Å². The van der Waals surface area contributed by atoms with Gasteiger partial charge in [0.2, 0.25) is 5.96 Å². The number of aliphatic imine (C=N–C) groups is 2. The molecule has 1 aliphatic rings. The van der Waals surface area contributed by atoms with Crippen LogP contribution >= 0.6 is 0 Å². The first-order valence-corrected chi connectivity index (χ1v) is 7.47. The zero-order chi connectivity index (χ0) is 16.1. The molecule has 1 saturated carbocycles. The molecular formula is C15H23N5O2. The molecule has 0 saturated heterocycles. The largest absolute Gasteiger partial charge is 0.469 e. The molecular weight excluding hydrogens is 282 g/mol. The summed E-state index contributed by atoms with van der Waals surface area (Å²) in [5.41, 5.74) is 7.28. The molecule has 0 aromatic carbocycles. The molecule has 1 heterocycles. The highest BCUT2D eigenvalue weighted by Crippen LogP contribution is 2.33. The van der Waals surface area contributed by atoms with E-state index in [1.807, 2.05) is 24.7 Å². The van der Waals surface area contributed by atoms with Gasteiger partial charge in [0.25, 0.3) is 0 Å². The van der Waals surface area contributed by atoms with Crippen molar-refractivity contribution in [1.29, 1.82) is 0 Å². The molecule has 0 bridgehead atoms. The van der Waals surface area contributed by atoms with Crippen LogP contribution in [0.4, 0.5) is 5.69 Å². The van der Waals surface area contributed by atoms with Crippen molar-refractivity contribution in [1.82, 2.24) is 9.78 Å². The number of ether oxygens (including phenoxy) is 1. The maximum atomic E-state index is 11.5. The SMILES string of the molecule is COC(=O)C1CCC(n2cc(N=C(N)N=C(C)C)cn2)CC1. The van der Waals surface area contributed by atoms with Crippen LogP contribution in [-0.2, 0) is 9.53 Å². The Morgan fingerprint density at radius 2 is 2.05 bits per heavy atom. The molecule has 2 rings (SSSR count). The van der Waals surface area contributed by atoms with Gasteiger partial charge in [-0.15, -0.1) is 0 Å². The second-order valence-electron chi connectivity index (χ2n) is 5.74. The summed E-state index contributed by atoms with van der Waals surface area (Å²) in [7, 11) is 1.44. The second kappa shape index (κ2) is 7.20. The fourth-order valence-corrected chi connectivity index (χ4v) is 2.71. The first-order chi connectivity index (χ1) is 10.5. The summed E-state index contributed by atoms with van der Waals surface area (Å²) < 4.78 is 6.71. The van der Waals surface area contributed by atoms with Crippen LogP contribution in [0.25, 0.3) is 0 Å². The summed E-state index contributed by atoms with van der Waals surface area (Å²) in [6.45, 7) is 3.73. The minimum absolute atomic E-state index is 0.0202. The number of rotatable bonds is 3. The van der Waals surface area contributed by atoms with Gasteiger partial charge < -0.3 is 10.5 Å². The number of esters is 1. The third kappa shape index (κ3) is 4.16. The molecule has 0 aliphatic heterocycles. The summed E-state index contributed by atoms with van der Waals surface area (Å²) in [6, 6.07) is 0.294. The molecule has 1 fully saturated rings. The van der Waals surface area contributed by atoms with E-state index >= 15 is 0 Å². The lowest BCUT2D eigenvalue weighted by Gasteiger charge is -2.26. The zero-order valence-electron chi connectivity index (χ0n) is 13.3. The van der Waals surface area contributed by atoms with Crippen molar-refractivity contribution in [3.63, 3.8) is 0 Å². The summed E-state index contributed by atoms with van der Waals surface area (Å²) in [4.78, 5) is 19.8. The molecule has 0 radical (unpaired) electrons. The first kappa shape index (κ1) is 16.2. The molecule has 0 atom stereocenters. The molecule has 2 N–H and O–H groups in total. The Bertz CT molecular complexity index is 579. The van der Waals surface area contributed by atoms with Crippen molar-refractivity contribution in [2.45, 2.75) is 45.6 Å². The second-order valence-corrected chi connectivity index (χ2v) is 5.74. The quantitative estimate of drug-likeness (QED) is 0.526. The number of nitrogens with zero attached hydrogens (tertiary/aromatic N) is 4. The van der Waals surface area contributed by atoms with Crippen molar-refractivity contribution >= 4 is 23.3 Å². The Kier molecular flexibility index (Phi) is 5.30. The normalized spacial score (nSPS) is 22.2. The fourth-order valence-electron chi connectivity index (χ4n) is 2.71. The summed E-state index contributed by atoms with van der Waals surface area (Å²) in [5.74, 6) is 0.144. The van der Waals surface area contributed by atoms with Gasteiger partial charge in [-0.25, -0.2) is 9.98 Å². The minimum atomic E-state index is -0.107. The maximum absolute atomic E-state index is 11.5. The fraction of sp³-hybridized carbons (Fsp3) is 0.600.